The van der Waals surface area contributed by atoms with Gasteiger partial charge in [0.15, 0.2) is 0 Å². The van der Waals surface area contributed by atoms with Gasteiger partial charge in [0.05, 0.1) is 5.52 Å². The summed E-state index contributed by atoms with van der Waals surface area (Å²) in [6, 6.07) is 3.73. The number of anilines is 1. The van der Waals surface area contributed by atoms with Gasteiger partial charge in [-0.25, -0.2) is 4.98 Å². The maximum absolute atomic E-state index is 11.6. The molecular formula is C11H14N4O. The van der Waals surface area contributed by atoms with Crippen molar-refractivity contribution in [1.29, 1.82) is 0 Å². The van der Waals surface area contributed by atoms with Gasteiger partial charge < -0.3 is 15.2 Å². The molecule has 2 rings (SSSR count). The first-order chi connectivity index (χ1) is 7.59. The van der Waals surface area contributed by atoms with Crippen LogP contribution >= 0.6 is 0 Å². The number of carbonyl (C=O) groups is 1. The van der Waals surface area contributed by atoms with Gasteiger partial charge in [0.25, 0.3) is 0 Å². The van der Waals surface area contributed by atoms with Crippen LogP contribution in [-0.4, -0.2) is 34.5 Å². The molecule has 2 aromatic rings. The molecule has 0 aromatic carbocycles. The molecular weight excluding hydrogens is 204 g/mol. The fraction of sp³-hybridized carbons (Fsp3) is 0.273. The van der Waals surface area contributed by atoms with Gasteiger partial charge in [-0.3, -0.25) is 4.79 Å². The van der Waals surface area contributed by atoms with E-state index < -0.39 is 0 Å². The zero-order valence-corrected chi connectivity index (χ0v) is 9.34. The number of amides is 1. The lowest BCUT2D eigenvalue weighted by molar-refractivity contribution is -0.129. The molecule has 2 heterocycles. The lowest BCUT2D eigenvalue weighted by Crippen LogP contribution is -2.25. The molecule has 0 aliphatic heterocycles. The number of nitrogens with two attached hydrogens (primary N) is 1. The maximum atomic E-state index is 11.6. The highest BCUT2D eigenvalue weighted by Crippen LogP contribution is 2.19. The lowest BCUT2D eigenvalue weighted by Gasteiger charge is -2.11. The molecule has 2 aromatic heterocycles. The number of aromatic nitrogens is 2. The number of carbonyl (C=O) groups excluding carboxylic acids is 1. The average molecular weight is 218 g/mol. The van der Waals surface area contributed by atoms with E-state index in [0.29, 0.717) is 12.4 Å². The molecule has 2 N–H and O–H groups in total. The van der Waals surface area contributed by atoms with E-state index >= 15 is 0 Å². The smallest absolute Gasteiger partial charge is 0.241 e. The minimum absolute atomic E-state index is 0.0490. The number of rotatable bonds is 2. The highest BCUT2D eigenvalue weighted by atomic mass is 16.2. The molecule has 16 heavy (non-hydrogen) atoms. The van der Waals surface area contributed by atoms with Crippen molar-refractivity contribution >= 4 is 22.6 Å². The molecule has 0 unspecified atom stereocenters. The van der Waals surface area contributed by atoms with Gasteiger partial charge in [-0.15, -0.1) is 0 Å². The number of pyridine rings is 1. The van der Waals surface area contributed by atoms with Crippen molar-refractivity contribution in [2.75, 3.05) is 19.8 Å². The number of fused-ring (bicyclic) bond motifs is 1. The highest BCUT2D eigenvalue weighted by molar-refractivity contribution is 5.90. The van der Waals surface area contributed by atoms with E-state index in [1.54, 1.807) is 25.2 Å². The third-order valence-electron chi connectivity index (χ3n) is 2.53. The van der Waals surface area contributed by atoms with Crippen molar-refractivity contribution < 1.29 is 4.79 Å². The van der Waals surface area contributed by atoms with Crippen LogP contribution in [0.4, 0.5) is 5.82 Å². The molecule has 0 saturated heterocycles. The Labute approximate surface area is 93.5 Å². The first-order valence-electron chi connectivity index (χ1n) is 4.99. The van der Waals surface area contributed by atoms with E-state index in [2.05, 4.69) is 4.98 Å². The van der Waals surface area contributed by atoms with Gasteiger partial charge in [0, 0.05) is 31.9 Å². The molecule has 84 valence electrons. The summed E-state index contributed by atoms with van der Waals surface area (Å²) in [5, 5.41) is 0.883. The predicted octanol–water partition coefficient (Wildman–Crippen LogP) is 0.707. The van der Waals surface area contributed by atoms with E-state index in [-0.39, 0.29) is 5.91 Å². The summed E-state index contributed by atoms with van der Waals surface area (Å²) >= 11 is 0. The standard InChI is InChI=1S/C11H14N4O/c1-14(2)10(16)7-15-6-4-8-9(15)3-5-13-11(8)12/h3-6H,7H2,1-2H3,(H2,12,13). The van der Waals surface area contributed by atoms with Crippen LogP contribution in [0.2, 0.25) is 0 Å². The maximum Gasteiger partial charge on any atom is 0.241 e. The third-order valence-corrected chi connectivity index (χ3v) is 2.53. The average Bonchev–Trinajstić information content (AvgIpc) is 2.63. The number of hydrogen-bond donors (Lipinski definition) is 1. The van der Waals surface area contributed by atoms with E-state index in [1.807, 2.05) is 22.9 Å². The minimum Gasteiger partial charge on any atom is -0.383 e. The van der Waals surface area contributed by atoms with Gasteiger partial charge >= 0.3 is 0 Å². The minimum atomic E-state index is 0.0490. The second kappa shape index (κ2) is 3.84. The third kappa shape index (κ3) is 1.71. The Balaban J connectivity index is 2.39. The summed E-state index contributed by atoms with van der Waals surface area (Å²) in [6.45, 7) is 0.319. The molecule has 0 aliphatic rings. The van der Waals surface area contributed by atoms with E-state index in [0.717, 1.165) is 10.9 Å². The van der Waals surface area contributed by atoms with Gasteiger partial charge in [-0.1, -0.05) is 0 Å². The van der Waals surface area contributed by atoms with E-state index in [9.17, 15) is 4.79 Å². The number of nitrogen functional groups attached to an aromatic ring is 1. The molecule has 0 aliphatic carbocycles. The molecule has 0 radical (unpaired) electrons. The van der Waals surface area contributed by atoms with Crippen molar-refractivity contribution in [2.45, 2.75) is 6.54 Å². The zero-order chi connectivity index (χ0) is 11.7. The molecule has 0 spiro atoms. The van der Waals surface area contributed by atoms with Crippen molar-refractivity contribution in [3.63, 3.8) is 0 Å². The SMILES string of the molecule is CN(C)C(=O)Cn1ccc2c(N)nccc21. The Morgan fingerprint density at radius 2 is 2.25 bits per heavy atom. The number of likely N-dealkylation sites (N-methyl/N-ethyl adjacent to an activating group) is 1. The molecule has 0 fully saturated rings. The molecule has 0 saturated carbocycles. The summed E-state index contributed by atoms with van der Waals surface area (Å²) in [7, 11) is 3.48. The van der Waals surface area contributed by atoms with Crippen molar-refractivity contribution in [1.82, 2.24) is 14.5 Å². The van der Waals surface area contributed by atoms with Crippen LogP contribution in [0.5, 0.6) is 0 Å². The van der Waals surface area contributed by atoms with Crippen LogP contribution in [-0.2, 0) is 11.3 Å². The van der Waals surface area contributed by atoms with Gasteiger partial charge in [0.2, 0.25) is 5.91 Å². The Morgan fingerprint density at radius 1 is 1.50 bits per heavy atom. The molecule has 0 bridgehead atoms. The summed E-state index contributed by atoms with van der Waals surface area (Å²) in [5.74, 6) is 0.543. The quantitative estimate of drug-likeness (QED) is 0.807. The summed E-state index contributed by atoms with van der Waals surface area (Å²) in [6.07, 6.45) is 3.50. The van der Waals surface area contributed by atoms with Gasteiger partial charge in [0.1, 0.15) is 12.4 Å². The monoisotopic (exact) mass is 218 g/mol. The second-order valence-electron chi connectivity index (χ2n) is 3.86. The van der Waals surface area contributed by atoms with Crippen LogP contribution in [0.25, 0.3) is 10.9 Å². The molecule has 5 nitrogen and oxygen atoms in total. The topological polar surface area (TPSA) is 64.2 Å². The molecule has 0 atom stereocenters. The Kier molecular flexibility index (Phi) is 2.52. The zero-order valence-electron chi connectivity index (χ0n) is 9.34. The van der Waals surface area contributed by atoms with Crippen molar-refractivity contribution in [3.05, 3.63) is 24.5 Å². The fourth-order valence-electron chi connectivity index (χ4n) is 1.57. The normalized spacial score (nSPS) is 10.6. The van der Waals surface area contributed by atoms with Crippen LogP contribution in [0.1, 0.15) is 0 Å². The fourth-order valence-corrected chi connectivity index (χ4v) is 1.57. The number of nitrogens with zero attached hydrogens (tertiary/aromatic N) is 3. The lowest BCUT2D eigenvalue weighted by atomic mass is 10.3. The van der Waals surface area contributed by atoms with Crippen LogP contribution < -0.4 is 5.73 Å². The molecule has 1 amide bonds. The van der Waals surface area contributed by atoms with Crippen LogP contribution in [0.15, 0.2) is 24.5 Å². The molecule has 5 heteroatoms. The Morgan fingerprint density at radius 3 is 2.94 bits per heavy atom. The van der Waals surface area contributed by atoms with Crippen LogP contribution in [0, 0.1) is 0 Å². The first-order valence-corrected chi connectivity index (χ1v) is 4.99. The predicted molar refractivity (Wildman–Crippen MR) is 62.8 cm³/mol. The highest BCUT2D eigenvalue weighted by Gasteiger charge is 2.09. The van der Waals surface area contributed by atoms with E-state index in [4.69, 9.17) is 5.73 Å². The first kappa shape index (κ1) is 10.5. The Bertz CT molecular complexity index is 530. The largest absolute Gasteiger partial charge is 0.383 e. The summed E-state index contributed by atoms with van der Waals surface area (Å²) in [4.78, 5) is 17.2. The Hall–Kier alpha value is -2.04. The van der Waals surface area contributed by atoms with Crippen molar-refractivity contribution in [3.8, 4) is 0 Å². The van der Waals surface area contributed by atoms with Crippen molar-refractivity contribution in [2.24, 2.45) is 0 Å². The van der Waals surface area contributed by atoms with Gasteiger partial charge in [-0.05, 0) is 12.1 Å². The number of hydrogen-bond acceptors (Lipinski definition) is 3. The second-order valence-corrected chi connectivity index (χ2v) is 3.86. The summed E-state index contributed by atoms with van der Waals surface area (Å²) in [5.41, 5.74) is 6.67. The van der Waals surface area contributed by atoms with E-state index in [1.165, 1.54) is 0 Å². The van der Waals surface area contributed by atoms with Crippen LogP contribution in [0.3, 0.4) is 0 Å². The summed E-state index contributed by atoms with van der Waals surface area (Å²) < 4.78 is 1.87. The van der Waals surface area contributed by atoms with Gasteiger partial charge in [-0.2, -0.15) is 0 Å².